The van der Waals surface area contributed by atoms with E-state index in [1.165, 1.54) is 0 Å². The molecule has 2 aromatic rings. The molecule has 0 unspecified atom stereocenters. The number of carbonyl (C=O) groups excluding carboxylic acids is 2. The van der Waals surface area contributed by atoms with E-state index in [1.54, 1.807) is 6.20 Å². The van der Waals surface area contributed by atoms with Gasteiger partial charge >= 0.3 is 6.03 Å². The quantitative estimate of drug-likeness (QED) is 0.695. The first-order chi connectivity index (χ1) is 14.0. The Morgan fingerprint density at radius 2 is 2.17 bits per heavy atom. The minimum absolute atomic E-state index is 0.0179. The van der Waals surface area contributed by atoms with E-state index in [9.17, 15) is 9.59 Å². The maximum Gasteiger partial charge on any atom is 0.319 e. The lowest BCUT2D eigenvalue weighted by molar-refractivity contribution is -0.134. The summed E-state index contributed by atoms with van der Waals surface area (Å²) in [6.07, 6.45) is 3.42. The van der Waals surface area contributed by atoms with Crippen LogP contribution in [0.5, 0.6) is 5.75 Å². The van der Waals surface area contributed by atoms with Crippen LogP contribution in [0, 0.1) is 13.8 Å². The number of carbonyl (C=O) groups is 2. The summed E-state index contributed by atoms with van der Waals surface area (Å²) in [5.41, 5.74) is 3.62. The van der Waals surface area contributed by atoms with Crippen molar-refractivity contribution in [2.75, 3.05) is 31.6 Å². The van der Waals surface area contributed by atoms with Crippen LogP contribution in [0.25, 0.3) is 0 Å². The van der Waals surface area contributed by atoms with Gasteiger partial charge in [0, 0.05) is 25.6 Å². The predicted octanol–water partition coefficient (Wildman–Crippen LogP) is 2.95. The number of benzene rings is 1. The van der Waals surface area contributed by atoms with Crippen LogP contribution in [0.3, 0.4) is 0 Å². The highest BCUT2D eigenvalue weighted by Crippen LogP contribution is 2.30. The summed E-state index contributed by atoms with van der Waals surface area (Å²) in [5.74, 6) is 0.801. The summed E-state index contributed by atoms with van der Waals surface area (Å²) < 4.78 is 5.79. The third kappa shape index (κ3) is 5.28. The highest BCUT2D eigenvalue weighted by atomic mass is 16.5. The first-order valence-electron chi connectivity index (χ1n) is 10.0. The van der Waals surface area contributed by atoms with E-state index < -0.39 is 0 Å². The molecule has 3 rings (SSSR count). The molecule has 1 atom stereocenters. The van der Waals surface area contributed by atoms with Gasteiger partial charge in [0.1, 0.15) is 5.75 Å². The largest absolute Gasteiger partial charge is 0.483 e. The van der Waals surface area contributed by atoms with Crippen LogP contribution in [-0.2, 0) is 4.79 Å². The Bertz CT molecular complexity index is 864. The molecule has 156 valence electrons. The first kappa shape index (κ1) is 20.7. The fraction of sp³-hybridized carbons (Fsp3) is 0.476. The van der Waals surface area contributed by atoms with Gasteiger partial charge in [0.15, 0.2) is 6.61 Å². The topological polar surface area (TPSA) is 99.4 Å². The molecule has 2 heterocycles. The van der Waals surface area contributed by atoms with E-state index in [1.807, 2.05) is 43.9 Å². The molecule has 0 bridgehead atoms. The van der Waals surface area contributed by atoms with Gasteiger partial charge in [-0.25, -0.2) is 4.79 Å². The zero-order chi connectivity index (χ0) is 20.8. The van der Waals surface area contributed by atoms with Crippen molar-refractivity contribution in [1.82, 2.24) is 20.4 Å². The molecular formula is C21H29N5O3. The van der Waals surface area contributed by atoms with Crippen LogP contribution in [0.15, 0.2) is 24.4 Å². The van der Waals surface area contributed by atoms with Crippen LogP contribution in [0.1, 0.15) is 42.5 Å². The lowest BCUT2D eigenvalue weighted by Gasteiger charge is -2.32. The van der Waals surface area contributed by atoms with Gasteiger partial charge in [-0.3, -0.25) is 9.89 Å². The first-order valence-corrected chi connectivity index (χ1v) is 10.0. The number of nitrogens with zero attached hydrogens (tertiary/aromatic N) is 2. The molecule has 3 amide bonds. The molecule has 1 saturated heterocycles. The molecule has 0 radical (unpaired) electrons. The van der Waals surface area contributed by atoms with Crippen LogP contribution in [0.4, 0.5) is 10.5 Å². The van der Waals surface area contributed by atoms with E-state index in [-0.39, 0.29) is 24.5 Å². The SMILES string of the molecule is CCNC(=O)Nc1cn[nH]c1[C@H]1CCCN(C(=O)COc2cc(C)ccc2C)C1. The second-order valence-electron chi connectivity index (χ2n) is 7.42. The highest BCUT2D eigenvalue weighted by Gasteiger charge is 2.28. The number of hydrogen-bond acceptors (Lipinski definition) is 4. The van der Waals surface area contributed by atoms with Crippen molar-refractivity contribution in [2.45, 2.75) is 39.5 Å². The Kier molecular flexibility index (Phi) is 6.74. The zero-order valence-electron chi connectivity index (χ0n) is 17.2. The summed E-state index contributed by atoms with van der Waals surface area (Å²) in [6.45, 7) is 7.67. The number of hydrogen-bond donors (Lipinski definition) is 3. The number of likely N-dealkylation sites (tertiary alicyclic amines) is 1. The Morgan fingerprint density at radius 1 is 1.34 bits per heavy atom. The minimum Gasteiger partial charge on any atom is -0.483 e. The molecule has 1 aromatic heterocycles. The minimum atomic E-state index is -0.263. The number of nitrogens with one attached hydrogen (secondary N) is 3. The summed E-state index contributed by atoms with van der Waals surface area (Å²) in [4.78, 5) is 26.4. The van der Waals surface area contributed by atoms with E-state index in [0.29, 0.717) is 25.3 Å². The molecule has 0 aliphatic carbocycles. The van der Waals surface area contributed by atoms with Gasteiger partial charge in [0.25, 0.3) is 5.91 Å². The molecule has 29 heavy (non-hydrogen) atoms. The van der Waals surface area contributed by atoms with Gasteiger partial charge in [-0.15, -0.1) is 0 Å². The number of anilines is 1. The Balaban J connectivity index is 1.60. The van der Waals surface area contributed by atoms with E-state index in [0.717, 1.165) is 35.4 Å². The number of amides is 3. The van der Waals surface area contributed by atoms with E-state index in [4.69, 9.17) is 4.74 Å². The van der Waals surface area contributed by atoms with Crippen LogP contribution in [0.2, 0.25) is 0 Å². The summed E-state index contributed by atoms with van der Waals surface area (Å²) in [7, 11) is 0. The van der Waals surface area contributed by atoms with Crippen LogP contribution < -0.4 is 15.4 Å². The Hall–Kier alpha value is -3.03. The number of urea groups is 1. The Labute approximate surface area is 171 Å². The number of aryl methyl sites for hydroxylation is 2. The summed E-state index contributed by atoms with van der Waals surface area (Å²) in [6, 6.07) is 5.70. The third-order valence-corrected chi connectivity index (χ3v) is 5.13. The molecule has 1 fully saturated rings. The van der Waals surface area contributed by atoms with Gasteiger partial charge < -0.3 is 20.3 Å². The molecule has 1 aliphatic rings. The van der Waals surface area contributed by atoms with Crippen molar-refractivity contribution in [1.29, 1.82) is 0 Å². The lowest BCUT2D eigenvalue weighted by atomic mass is 9.94. The average Bonchev–Trinajstić information content (AvgIpc) is 3.16. The van der Waals surface area contributed by atoms with Crippen molar-refractivity contribution < 1.29 is 14.3 Å². The predicted molar refractivity (Wildman–Crippen MR) is 111 cm³/mol. The Morgan fingerprint density at radius 3 is 2.97 bits per heavy atom. The maximum atomic E-state index is 12.7. The number of rotatable bonds is 6. The monoisotopic (exact) mass is 399 g/mol. The summed E-state index contributed by atoms with van der Waals surface area (Å²) in [5, 5.41) is 12.6. The number of aromatic amines is 1. The van der Waals surface area contributed by atoms with Gasteiger partial charge in [-0.1, -0.05) is 12.1 Å². The second-order valence-corrected chi connectivity index (χ2v) is 7.42. The fourth-order valence-electron chi connectivity index (χ4n) is 3.57. The molecular weight excluding hydrogens is 370 g/mol. The van der Waals surface area contributed by atoms with Crippen molar-refractivity contribution >= 4 is 17.6 Å². The molecule has 1 aliphatic heterocycles. The third-order valence-electron chi connectivity index (χ3n) is 5.13. The van der Waals surface area contributed by atoms with Crippen molar-refractivity contribution in [3.8, 4) is 5.75 Å². The standard InChI is InChI=1S/C21H29N5O3/c1-4-22-21(28)24-17-11-23-25-20(17)16-6-5-9-26(12-16)19(27)13-29-18-10-14(2)7-8-15(18)3/h7-8,10-11,16H,4-6,9,12-13H2,1-3H3,(H,23,25)(H2,22,24,28)/t16-/m0/s1. The van der Waals surface area contributed by atoms with E-state index in [2.05, 4.69) is 20.8 Å². The summed E-state index contributed by atoms with van der Waals surface area (Å²) >= 11 is 0. The van der Waals surface area contributed by atoms with Crippen molar-refractivity contribution in [3.63, 3.8) is 0 Å². The number of H-pyrrole nitrogens is 1. The molecule has 3 N–H and O–H groups in total. The molecule has 0 saturated carbocycles. The van der Waals surface area contributed by atoms with Crippen molar-refractivity contribution in [2.24, 2.45) is 0 Å². The number of piperidine rings is 1. The fourth-order valence-corrected chi connectivity index (χ4v) is 3.57. The normalized spacial score (nSPS) is 16.4. The lowest BCUT2D eigenvalue weighted by Crippen LogP contribution is -2.41. The molecule has 0 spiro atoms. The second kappa shape index (κ2) is 9.45. The van der Waals surface area contributed by atoms with Gasteiger partial charge in [-0.05, 0) is 50.8 Å². The van der Waals surface area contributed by atoms with Gasteiger partial charge in [0.2, 0.25) is 0 Å². The average molecular weight is 399 g/mol. The van der Waals surface area contributed by atoms with Crippen molar-refractivity contribution in [3.05, 3.63) is 41.2 Å². The van der Waals surface area contributed by atoms with Gasteiger partial charge in [-0.2, -0.15) is 5.10 Å². The smallest absolute Gasteiger partial charge is 0.319 e. The van der Waals surface area contributed by atoms with Gasteiger partial charge in [0.05, 0.1) is 17.6 Å². The molecule has 8 heteroatoms. The van der Waals surface area contributed by atoms with E-state index >= 15 is 0 Å². The van der Waals surface area contributed by atoms with Crippen LogP contribution >= 0.6 is 0 Å². The number of aromatic nitrogens is 2. The number of ether oxygens (including phenoxy) is 1. The maximum absolute atomic E-state index is 12.7. The zero-order valence-corrected chi connectivity index (χ0v) is 17.2. The van der Waals surface area contributed by atoms with Crippen LogP contribution in [-0.4, -0.2) is 53.3 Å². The highest BCUT2D eigenvalue weighted by molar-refractivity contribution is 5.89. The molecule has 1 aromatic carbocycles. The molecule has 8 nitrogen and oxygen atoms in total.